The summed E-state index contributed by atoms with van der Waals surface area (Å²) in [5.74, 6) is 0.642. The molecule has 0 spiro atoms. The van der Waals surface area contributed by atoms with E-state index in [1.54, 1.807) is 0 Å². The standard InChI is InChI=1S/C16H22N2/c17-12-14-7-2-1-3-8-16(14)18-11-10-13-6-4-5-9-15(13)18/h4-6,9-11,14,16H,1-3,7-8,12,17H2. The van der Waals surface area contributed by atoms with E-state index >= 15 is 0 Å². The molecule has 1 aliphatic carbocycles. The lowest BCUT2D eigenvalue weighted by atomic mass is 9.94. The van der Waals surface area contributed by atoms with Crippen molar-refractivity contribution in [3.05, 3.63) is 36.5 Å². The van der Waals surface area contributed by atoms with Crippen LogP contribution in [0.4, 0.5) is 0 Å². The highest BCUT2D eigenvalue weighted by molar-refractivity contribution is 5.80. The van der Waals surface area contributed by atoms with E-state index in [0.29, 0.717) is 12.0 Å². The molecule has 1 heterocycles. The van der Waals surface area contributed by atoms with Gasteiger partial charge in [-0.15, -0.1) is 0 Å². The second-order valence-corrected chi connectivity index (χ2v) is 5.48. The molecule has 0 saturated heterocycles. The summed E-state index contributed by atoms with van der Waals surface area (Å²) in [5, 5.41) is 1.34. The molecule has 96 valence electrons. The number of fused-ring (bicyclic) bond motifs is 1. The van der Waals surface area contributed by atoms with Crippen molar-refractivity contribution in [2.24, 2.45) is 11.7 Å². The topological polar surface area (TPSA) is 30.9 Å². The molecule has 1 fully saturated rings. The quantitative estimate of drug-likeness (QED) is 0.799. The monoisotopic (exact) mass is 242 g/mol. The van der Waals surface area contributed by atoms with Gasteiger partial charge in [0, 0.05) is 17.8 Å². The Morgan fingerprint density at radius 1 is 1.06 bits per heavy atom. The number of rotatable bonds is 2. The number of aromatic nitrogens is 1. The van der Waals surface area contributed by atoms with Crippen LogP contribution in [0.25, 0.3) is 10.9 Å². The minimum atomic E-state index is 0.595. The predicted octanol–water partition coefficient (Wildman–Crippen LogP) is 3.72. The lowest BCUT2D eigenvalue weighted by Crippen LogP contribution is -2.25. The van der Waals surface area contributed by atoms with E-state index in [9.17, 15) is 0 Å². The van der Waals surface area contributed by atoms with Crippen molar-refractivity contribution in [2.75, 3.05) is 6.54 Å². The van der Waals surface area contributed by atoms with E-state index in [-0.39, 0.29) is 0 Å². The molecule has 0 aliphatic heterocycles. The zero-order chi connectivity index (χ0) is 12.4. The Morgan fingerprint density at radius 3 is 2.78 bits per heavy atom. The number of para-hydroxylation sites is 1. The summed E-state index contributed by atoms with van der Waals surface area (Å²) in [6.45, 7) is 0.817. The maximum atomic E-state index is 6.00. The van der Waals surface area contributed by atoms with Crippen molar-refractivity contribution in [3.63, 3.8) is 0 Å². The second-order valence-electron chi connectivity index (χ2n) is 5.48. The van der Waals surface area contributed by atoms with Crippen molar-refractivity contribution in [1.29, 1.82) is 0 Å². The third kappa shape index (κ3) is 2.05. The largest absolute Gasteiger partial charge is 0.344 e. The van der Waals surface area contributed by atoms with Crippen molar-refractivity contribution in [1.82, 2.24) is 4.57 Å². The first kappa shape index (κ1) is 11.8. The Bertz CT molecular complexity index is 515. The van der Waals surface area contributed by atoms with E-state index in [0.717, 1.165) is 6.54 Å². The van der Waals surface area contributed by atoms with Crippen LogP contribution in [-0.2, 0) is 0 Å². The fourth-order valence-corrected chi connectivity index (χ4v) is 3.40. The summed E-state index contributed by atoms with van der Waals surface area (Å²) in [6, 6.07) is 11.5. The highest BCUT2D eigenvalue weighted by Gasteiger charge is 2.24. The normalized spacial score (nSPS) is 25.2. The average molecular weight is 242 g/mol. The average Bonchev–Trinajstić information content (AvgIpc) is 2.69. The Morgan fingerprint density at radius 2 is 1.89 bits per heavy atom. The summed E-state index contributed by atoms with van der Waals surface area (Å²) < 4.78 is 2.47. The van der Waals surface area contributed by atoms with Gasteiger partial charge in [-0.25, -0.2) is 0 Å². The zero-order valence-corrected chi connectivity index (χ0v) is 10.9. The smallest absolute Gasteiger partial charge is 0.0482 e. The molecule has 0 amide bonds. The fourth-order valence-electron chi connectivity index (χ4n) is 3.40. The first-order valence-electron chi connectivity index (χ1n) is 7.16. The lowest BCUT2D eigenvalue weighted by Gasteiger charge is -2.26. The zero-order valence-electron chi connectivity index (χ0n) is 10.9. The van der Waals surface area contributed by atoms with Crippen LogP contribution in [0.2, 0.25) is 0 Å². The minimum Gasteiger partial charge on any atom is -0.344 e. The summed E-state index contributed by atoms with van der Waals surface area (Å²) in [4.78, 5) is 0. The summed E-state index contributed by atoms with van der Waals surface area (Å²) in [5.41, 5.74) is 7.36. The number of hydrogen-bond acceptors (Lipinski definition) is 1. The van der Waals surface area contributed by atoms with Gasteiger partial charge in [0.05, 0.1) is 0 Å². The second kappa shape index (κ2) is 5.15. The lowest BCUT2D eigenvalue weighted by molar-refractivity contribution is 0.324. The predicted molar refractivity (Wildman–Crippen MR) is 76.6 cm³/mol. The third-order valence-corrected chi connectivity index (χ3v) is 4.41. The van der Waals surface area contributed by atoms with E-state index in [2.05, 4.69) is 41.1 Å². The molecule has 2 unspecified atom stereocenters. The molecule has 1 saturated carbocycles. The molecule has 0 bridgehead atoms. The maximum Gasteiger partial charge on any atom is 0.0482 e. The maximum absolute atomic E-state index is 6.00. The van der Waals surface area contributed by atoms with Crippen LogP contribution in [0.3, 0.4) is 0 Å². The van der Waals surface area contributed by atoms with Gasteiger partial charge >= 0.3 is 0 Å². The SMILES string of the molecule is NCC1CCCCCC1n1ccc2ccccc21. The van der Waals surface area contributed by atoms with E-state index < -0.39 is 0 Å². The number of nitrogens with two attached hydrogens (primary N) is 1. The van der Waals surface area contributed by atoms with Gasteiger partial charge in [-0.2, -0.15) is 0 Å². The van der Waals surface area contributed by atoms with Crippen LogP contribution in [0.5, 0.6) is 0 Å². The summed E-state index contributed by atoms with van der Waals surface area (Å²) in [6.07, 6.45) is 8.87. The van der Waals surface area contributed by atoms with Gasteiger partial charge in [0.15, 0.2) is 0 Å². The van der Waals surface area contributed by atoms with Gasteiger partial charge in [-0.05, 0) is 42.8 Å². The number of nitrogens with zero attached hydrogens (tertiary/aromatic N) is 1. The molecular formula is C16H22N2. The summed E-state index contributed by atoms with van der Waals surface area (Å²) in [7, 11) is 0. The van der Waals surface area contributed by atoms with Gasteiger partial charge in [0.25, 0.3) is 0 Å². The van der Waals surface area contributed by atoms with Crippen LogP contribution < -0.4 is 5.73 Å². The molecule has 2 N–H and O–H groups in total. The van der Waals surface area contributed by atoms with Crippen molar-refractivity contribution in [3.8, 4) is 0 Å². The van der Waals surface area contributed by atoms with E-state index in [1.165, 1.54) is 43.0 Å². The molecule has 1 aliphatic rings. The van der Waals surface area contributed by atoms with Crippen molar-refractivity contribution >= 4 is 10.9 Å². The molecule has 0 radical (unpaired) electrons. The van der Waals surface area contributed by atoms with Crippen molar-refractivity contribution < 1.29 is 0 Å². The first-order valence-corrected chi connectivity index (χ1v) is 7.16. The molecule has 2 atom stereocenters. The van der Waals surface area contributed by atoms with Crippen LogP contribution in [0.15, 0.2) is 36.5 Å². The minimum absolute atomic E-state index is 0.595. The molecule has 1 aromatic heterocycles. The van der Waals surface area contributed by atoms with Gasteiger partial charge in [0.1, 0.15) is 0 Å². The van der Waals surface area contributed by atoms with Crippen LogP contribution in [0.1, 0.15) is 38.1 Å². The molecule has 2 nitrogen and oxygen atoms in total. The van der Waals surface area contributed by atoms with Gasteiger partial charge in [0.2, 0.25) is 0 Å². The van der Waals surface area contributed by atoms with Gasteiger partial charge in [-0.3, -0.25) is 0 Å². The van der Waals surface area contributed by atoms with Gasteiger partial charge < -0.3 is 10.3 Å². The van der Waals surface area contributed by atoms with Crippen molar-refractivity contribution in [2.45, 2.75) is 38.1 Å². The molecule has 3 rings (SSSR count). The van der Waals surface area contributed by atoms with E-state index in [4.69, 9.17) is 5.73 Å². The highest BCUT2D eigenvalue weighted by Crippen LogP contribution is 2.34. The Balaban J connectivity index is 2.00. The van der Waals surface area contributed by atoms with Crippen LogP contribution in [-0.4, -0.2) is 11.1 Å². The van der Waals surface area contributed by atoms with E-state index in [1.807, 2.05) is 0 Å². The summed E-state index contributed by atoms with van der Waals surface area (Å²) >= 11 is 0. The van der Waals surface area contributed by atoms with Gasteiger partial charge in [-0.1, -0.05) is 37.5 Å². The van der Waals surface area contributed by atoms with Crippen LogP contribution >= 0.6 is 0 Å². The molecule has 1 aromatic carbocycles. The number of benzene rings is 1. The molecule has 2 aromatic rings. The Kier molecular flexibility index (Phi) is 3.37. The third-order valence-electron chi connectivity index (χ3n) is 4.41. The molecule has 2 heteroatoms. The molecule has 18 heavy (non-hydrogen) atoms. The van der Waals surface area contributed by atoms with Crippen LogP contribution in [0, 0.1) is 5.92 Å². The fraction of sp³-hybridized carbons (Fsp3) is 0.500. The Labute approximate surface area is 109 Å². The number of hydrogen-bond donors (Lipinski definition) is 1. The molecular weight excluding hydrogens is 220 g/mol. The Hall–Kier alpha value is -1.28. The first-order chi connectivity index (χ1) is 8.90. The highest BCUT2D eigenvalue weighted by atomic mass is 15.0.